The van der Waals surface area contributed by atoms with E-state index in [1.54, 1.807) is 0 Å². The van der Waals surface area contributed by atoms with Crippen LogP contribution in [0, 0.1) is 0 Å². The van der Waals surface area contributed by atoms with Gasteiger partial charge in [0.1, 0.15) is 0 Å². The zero-order valence-electron chi connectivity index (χ0n) is 9.43. The number of allylic oxidation sites excluding steroid dienone is 2. The minimum absolute atomic E-state index is 0.351. The average Bonchev–Trinajstić information content (AvgIpc) is 2.33. The van der Waals surface area contributed by atoms with Gasteiger partial charge in [0.2, 0.25) is 0 Å². The topological polar surface area (TPSA) is 24.4 Å². The van der Waals surface area contributed by atoms with Gasteiger partial charge >= 0.3 is 0 Å². The Morgan fingerprint density at radius 3 is 2.88 bits per heavy atom. The predicted molar refractivity (Wildman–Crippen MR) is 68.5 cm³/mol. The summed E-state index contributed by atoms with van der Waals surface area (Å²) >= 11 is 0. The standard InChI is InChI=1S/C14H16N2/c1-12-14(8-5-9-16-12)11-15-10-13-6-3-2-4-7-13/h2-9,11-12,16H,10H2,1H3. The van der Waals surface area contributed by atoms with Gasteiger partial charge in [-0.25, -0.2) is 0 Å². The van der Waals surface area contributed by atoms with Crippen molar-refractivity contribution in [1.29, 1.82) is 0 Å². The van der Waals surface area contributed by atoms with Crippen molar-refractivity contribution in [3.63, 3.8) is 0 Å². The highest BCUT2D eigenvalue weighted by Crippen LogP contribution is 2.05. The minimum atomic E-state index is 0.351. The number of hydrogen-bond donors (Lipinski definition) is 1. The maximum Gasteiger partial charge on any atom is 0.0639 e. The van der Waals surface area contributed by atoms with Gasteiger partial charge in [0, 0.05) is 12.3 Å². The van der Waals surface area contributed by atoms with Crippen molar-refractivity contribution >= 4 is 6.21 Å². The van der Waals surface area contributed by atoms with Gasteiger partial charge in [-0.2, -0.15) is 0 Å². The van der Waals surface area contributed by atoms with Gasteiger partial charge < -0.3 is 5.32 Å². The van der Waals surface area contributed by atoms with Crippen LogP contribution in [0.2, 0.25) is 0 Å². The summed E-state index contributed by atoms with van der Waals surface area (Å²) in [6.45, 7) is 2.87. The smallest absolute Gasteiger partial charge is 0.0639 e. The van der Waals surface area contributed by atoms with Gasteiger partial charge in [0.05, 0.1) is 6.54 Å². The van der Waals surface area contributed by atoms with E-state index in [-0.39, 0.29) is 0 Å². The number of dihydropyridines is 1. The molecule has 2 heteroatoms. The van der Waals surface area contributed by atoms with Gasteiger partial charge in [-0.1, -0.05) is 36.4 Å². The fraction of sp³-hybridized carbons (Fsp3) is 0.214. The first-order chi connectivity index (χ1) is 7.86. The molecule has 1 aromatic rings. The summed E-state index contributed by atoms with van der Waals surface area (Å²) in [6, 6.07) is 10.6. The Balaban J connectivity index is 1.95. The quantitative estimate of drug-likeness (QED) is 0.765. The highest BCUT2D eigenvalue weighted by Gasteiger charge is 2.05. The largest absolute Gasteiger partial charge is 0.384 e. The van der Waals surface area contributed by atoms with E-state index in [9.17, 15) is 0 Å². The fourth-order valence-electron chi connectivity index (χ4n) is 1.59. The van der Waals surface area contributed by atoms with Crippen LogP contribution in [0.1, 0.15) is 12.5 Å². The average molecular weight is 212 g/mol. The molecule has 1 N–H and O–H groups in total. The molecule has 0 spiro atoms. The Morgan fingerprint density at radius 2 is 2.12 bits per heavy atom. The summed E-state index contributed by atoms with van der Waals surface area (Å²) in [5, 5.41) is 3.24. The molecule has 0 aliphatic carbocycles. The molecule has 0 saturated carbocycles. The summed E-state index contributed by atoms with van der Waals surface area (Å²) in [5.74, 6) is 0. The third-order valence-electron chi connectivity index (χ3n) is 2.59. The summed E-state index contributed by atoms with van der Waals surface area (Å²) in [6.07, 6.45) is 8.01. The van der Waals surface area contributed by atoms with Crippen molar-refractivity contribution in [3.8, 4) is 0 Å². The van der Waals surface area contributed by atoms with Crippen molar-refractivity contribution in [1.82, 2.24) is 5.32 Å². The molecule has 1 aliphatic rings. The molecule has 0 aromatic heterocycles. The first kappa shape index (κ1) is 10.7. The number of nitrogens with one attached hydrogen (secondary N) is 1. The summed E-state index contributed by atoms with van der Waals surface area (Å²) in [5.41, 5.74) is 2.46. The molecule has 1 unspecified atom stereocenters. The molecular weight excluding hydrogens is 196 g/mol. The van der Waals surface area contributed by atoms with Crippen molar-refractivity contribution in [3.05, 3.63) is 59.8 Å². The molecule has 0 saturated heterocycles. The summed E-state index contributed by atoms with van der Waals surface area (Å²) < 4.78 is 0. The van der Waals surface area contributed by atoms with Crippen LogP contribution in [0.3, 0.4) is 0 Å². The number of hydrogen-bond acceptors (Lipinski definition) is 2. The van der Waals surface area contributed by atoms with Gasteiger partial charge in [-0.05, 0) is 30.3 Å². The summed E-state index contributed by atoms with van der Waals surface area (Å²) in [4.78, 5) is 4.45. The lowest BCUT2D eigenvalue weighted by molar-refractivity contribution is 0.743. The third kappa shape index (κ3) is 2.83. The second kappa shape index (κ2) is 5.31. The van der Waals surface area contributed by atoms with E-state index in [2.05, 4.69) is 35.4 Å². The second-order valence-electron chi connectivity index (χ2n) is 3.87. The Hall–Kier alpha value is -1.83. The monoisotopic (exact) mass is 212 g/mol. The second-order valence-corrected chi connectivity index (χ2v) is 3.87. The van der Waals surface area contributed by atoms with Crippen molar-refractivity contribution in [2.45, 2.75) is 19.5 Å². The van der Waals surface area contributed by atoms with E-state index < -0.39 is 0 Å². The highest BCUT2D eigenvalue weighted by molar-refractivity contribution is 5.81. The van der Waals surface area contributed by atoms with E-state index in [4.69, 9.17) is 0 Å². The van der Waals surface area contributed by atoms with Crippen LogP contribution in [0.25, 0.3) is 0 Å². The third-order valence-corrected chi connectivity index (χ3v) is 2.59. The lowest BCUT2D eigenvalue weighted by Crippen LogP contribution is -2.25. The first-order valence-electron chi connectivity index (χ1n) is 5.53. The number of benzene rings is 1. The van der Waals surface area contributed by atoms with Crippen LogP contribution in [-0.2, 0) is 6.54 Å². The Morgan fingerprint density at radius 1 is 1.31 bits per heavy atom. The number of rotatable bonds is 3. The van der Waals surface area contributed by atoms with E-state index >= 15 is 0 Å². The zero-order valence-corrected chi connectivity index (χ0v) is 9.43. The van der Waals surface area contributed by atoms with Crippen LogP contribution >= 0.6 is 0 Å². The molecule has 0 radical (unpaired) electrons. The number of nitrogens with zero attached hydrogens (tertiary/aromatic N) is 1. The van der Waals surface area contributed by atoms with Crippen LogP contribution < -0.4 is 5.32 Å². The molecule has 2 nitrogen and oxygen atoms in total. The molecule has 1 atom stereocenters. The molecular formula is C14H16N2. The molecule has 1 heterocycles. The van der Waals surface area contributed by atoms with Crippen molar-refractivity contribution in [2.24, 2.45) is 4.99 Å². The highest BCUT2D eigenvalue weighted by atomic mass is 14.9. The molecule has 1 aliphatic heterocycles. The molecule has 0 amide bonds. The van der Waals surface area contributed by atoms with E-state index in [0.29, 0.717) is 6.04 Å². The van der Waals surface area contributed by atoms with E-state index in [1.807, 2.05) is 36.7 Å². The van der Waals surface area contributed by atoms with E-state index in [0.717, 1.165) is 6.54 Å². The van der Waals surface area contributed by atoms with Gasteiger partial charge in [0.15, 0.2) is 0 Å². The van der Waals surface area contributed by atoms with Crippen LogP contribution in [0.15, 0.2) is 59.2 Å². The Labute approximate surface area is 96.4 Å². The van der Waals surface area contributed by atoms with Gasteiger partial charge in [-0.15, -0.1) is 0 Å². The minimum Gasteiger partial charge on any atom is -0.384 e. The number of aliphatic imine (C=N–C) groups is 1. The first-order valence-corrected chi connectivity index (χ1v) is 5.53. The van der Waals surface area contributed by atoms with Crippen LogP contribution in [0.4, 0.5) is 0 Å². The lowest BCUT2D eigenvalue weighted by Gasteiger charge is -2.15. The van der Waals surface area contributed by atoms with Gasteiger partial charge in [0.25, 0.3) is 0 Å². The zero-order chi connectivity index (χ0) is 11.2. The maximum absolute atomic E-state index is 4.45. The lowest BCUT2D eigenvalue weighted by atomic mass is 10.1. The van der Waals surface area contributed by atoms with E-state index in [1.165, 1.54) is 11.1 Å². The molecule has 16 heavy (non-hydrogen) atoms. The van der Waals surface area contributed by atoms with Crippen LogP contribution in [-0.4, -0.2) is 12.3 Å². The maximum atomic E-state index is 4.45. The molecule has 0 fully saturated rings. The predicted octanol–water partition coefficient (Wildman–Crippen LogP) is 2.69. The van der Waals surface area contributed by atoms with Crippen molar-refractivity contribution in [2.75, 3.05) is 0 Å². The molecule has 82 valence electrons. The Kier molecular flexibility index (Phi) is 3.54. The summed E-state index contributed by atoms with van der Waals surface area (Å²) in [7, 11) is 0. The molecule has 2 rings (SSSR count). The fourth-order valence-corrected chi connectivity index (χ4v) is 1.59. The normalized spacial score (nSPS) is 19.6. The molecule has 0 bridgehead atoms. The van der Waals surface area contributed by atoms with Crippen molar-refractivity contribution < 1.29 is 0 Å². The SMILES string of the molecule is CC1NC=CC=C1C=NCc1ccccc1. The Bertz CT molecular complexity index is 416. The molecule has 1 aromatic carbocycles. The van der Waals surface area contributed by atoms with Gasteiger partial charge in [-0.3, -0.25) is 4.99 Å². The van der Waals surface area contributed by atoms with Crippen LogP contribution in [0.5, 0.6) is 0 Å².